The van der Waals surface area contributed by atoms with E-state index in [1.165, 1.54) is 0 Å². The average molecular weight is 247 g/mol. The number of guanidine groups is 1. The molecule has 3 N–H and O–H groups in total. The molecular formula is C10H21N3O2S. The first-order valence-electron chi connectivity index (χ1n) is 5.66. The predicted molar refractivity (Wildman–Crippen MR) is 66.1 cm³/mol. The molecule has 1 fully saturated rings. The van der Waals surface area contributed by atoms with Crippen LogP contribution < -0.4 is 11.1 Å². The van der Waals surface area contributed by atoms with Gasteiger partial charge < -0.3 is 11.1 Å². The summed E-state index contributed by atoms with van der Waals surface area (Å²) in [4.78, 5) is 4.19. The zero-order valence-corrected chi connectivity index (χ0v) is 10.8. The third-order valence-electron chi connectivity index (χ3n) is 2.53. The number of hydrogen-bond donors (Lipinski definition) is 2. The molecule has 0 radical (unpaired) electrons. The van der Waals surface area contributed by atoms with Crippen LogP contribution in [0.5, 0.6) is 0 Å². The first-order valence-corrected chi connectivity index (χ1v) is 7.48. The maximum atomic E-state index is 11.2. The molecule has 0 amide bonds. The molecule has 1 aliphatic rings. The van der Waals surface area contributed by atoms with E-state index in [0.717, 1.165) is 0 Å². The van der Waals surface area contributed by atoms with Crippen LogP contribution in [0.4, 0.5) is 0 Å². The van der Waals surface area contributed by atoms with E-state index in [1.807, 2.05) is 0 Å². The van der Waals surface area contributed by atoms with Gasteiger partial charge in [-0.25, -0.2) is 8.42 Å². The van der Waals surface area contributed by atoms with Gasteiger partial charge in [0.25, 0.3) is 0 Å². The second-order valence-corrected chi connectivity index (χ2v) is 6.99. The van der Waals surface area contributed by atoms with E-state index in [2.05, 4.69) is 24.2 Å². The molecule has 1 aliphatic heterocycles. The Balaban J connectivity index is 2.36. The average Bonchev–Trinajstić information content (AvgIpc) is 2.18. The van der Waals surface area contributed by atoms with Crippen molar-refractivity contribution >= 4 is 15.8 Å². The number of nitrogens with two attached hydrogens (primary N) is 1. The van der Waals surface area contributed by atoms with Crippen LogP contribution in [0, 0.1) is 5.92 Å². The van der Waals surface area contributed by atoms with E-state index >= 15 is 0 Å². The molecule has 0 saturated carbocycles. The summed E-state index contributed by atoms with van der Waals surface area (Å²) in [6.45, 7) is 4.85. The smallest absolute Gasteiger partial charge is 0.188 e. The van der Waals surface area contributed by atoms with Crippen molar-refractivity contribution in [1.82, 2.24) is 5.32 Å². The Labute approximate surface area is 97.4 Å². The van der Waals surface area contributed by atoms with Gasteiger partial charge in [0.1, 0.15) is 9.84 Å². The summed E-state index contributed by atoms with van der Waals surface area (Å²) in [6, 6.07) is 0.152. The van der Waals surface area contributed by atoms with Crippen LogP contribution in [0.25, 0.3) is 0 Å². The fraction of sp³-hybridized carbons (Fsp3) is 0.900. The highest BCUT2D eigenvalue weighted by molar-refractivity contribution is 7.91. The molecule has 5 nitrogen and oxygen atoms in total. The van der Waals surface area contributed by atoms with Crippen molar-refractivity contribution in [3.63, 3.8) is 0 Å². The summed E-state index contributed by atoms with van der Waals surface area (Å²) in [5, 5.41) is 3.08. The summed E-state index contributed by atoms with van der Waals surface area (Å²) >= 11 is 0. The lowest BCUT2D eigenvalue weighted by Gasteiger charge is -2.23. The minimum atomic E-state index is -2.80. The highest BCUT2D eigenvalue weighted by atomic mass is 32.2. The van der Waals surface area contributed by atoms with Crippen molar-refractivity contribution in [2.45, 2.75) is 32.7 Å². The van der Waals surface area contributed by atoms with Crippen LogP contribution in [-0.4, -0.2) is 38.5 Å². The van der Waals surface area contributed by atoms with E-state index < -0.39 is 9.84 Å². The molecular weight excluding hydrogens is 226 g/mol. The quantitative estimate of drug-likeness (QED) is 0.548. The third-order valence-corrected chi connectivity index (χ3v) is 4.25. The van der Waals surface area contributed by atoms with Gasteiger partial charge in [-0.15, -0.1) is 0 Å². The SMILES string of the molecule is CC(C)CN=C(N)NC1CCS(=O)(=O)CC1. The van der Waals surface area contributed by atoms with E-state index in [1.54, 1.807) is 0 Å². The highest BCUT2D eigenvalue weighted by Crippen LogP contribution is 2.11. The Morgan fingerprint density at radius 2 is 2.00 bits per heavy atom. The molecule has 6 heteroatoms. The Kier molecular flexibility index (Phi) is 4.58. The van der Waals surface area contributed by atoms with Crippen LogP contribution >= 0.6 is 0 Å². The molecule has 0 atom stereocenters. The van der Waals surface area contributed by atoms with Gasteiger partial charge in [0, 0.05) is 12.6 Å². The molecule has 0 unspecified atom stereocenters. The number of sulfone groups is 1. The molecule has 1 heterocycles. The maximum absolute atomic E-state index is 11.2. The maximum Gasteiger partial charge on any atom is 0.188 e. The van der Waals surface area contributed by atoms with Crippen LogP contribution in [0.2, 0.25) is 0 Å². The fourth-order valence-electron chi connectivity index (χ4n) is 1.57. The number of hydrogen-bond acceptors (Lipinski definition) is 3. The van der Waals surface area contributed by atoms with Crippen molar-refractivity contribution in [1.29, 1.82) is 0 Å². The zero-order chi connectivity index (χ0) is 12.2. The van der Waals surface area contributed by atoms with Crippen molar-refractivity contribution in [2.75, 3.05) is 18.1 Å². The predicted octanol–water partition coefficient (Wildman–Crippen LogP) is 0.124. The van der Waals surface area contributed by atoms with Crippen LogP contribution in [-0.2, 0) is 9.84 Å². The summed E-state index contributed by atoms with van der Waals surface area (Å²) in [7, 11) is -2.80. The molecule has 0 aliphatic carbocycles. The summed E-state index contributed by atoms with van der Waals surface area (Å²) < 4.78 is 22.4. The normalized spacial score (nSPS) is 22.3. The van der Waals surface area contributed by atoms with Gasteiger partial charge in [-0.3, -0.25) is 4.99 Å². The summed E-state index contributed by atoms with van der Waals surface area (Å²) in [5.74, 6) is 1.41. The van der Waals surface area contributed by atoms with Gasteiger partial charge in [-0.05, 0) is 18.8 Å². The third kappa shape index (κ3) is 4.83. The molecule has 0 bridgehead atoms. The Hall–Kier alpha value is -0.780. The molecule has 1 rings (SSSR count). The number of nitrogens with one attached hydrogen (secondary N) is 1. The zero-order valence-electron chi connectivity index (χ0n) is 9.94. The van der Waals surface area contributed by atoms with E-state index in [0.29, 0.717) is 31.3 Å². The first-order chi connectivity index (χ1) is 7.39. The fourth-order valence-corrected chi connectivity index (χ4v) is 3.06. The Morgan fingerprint density at radius 3 is 2.50 bits per heavy atom. The van der Waals surface area contributed by atoms with Crippen molar-refractivity contribution in [3.05, 3.63) is 0 Å². The second-order valence-electron chi connectivity index (χ2n) is 4.69. The summed E-state index contributed by atoms with van der Waals surface area (Å²) in [6.07, 6.45) is 1.25. The van der Waals surface area contributed by atoms with Crippen LogP contribution in [0.3, 0.4) is 0 Å². The molecule has 16 heavy (non-hydrogen) atoms. The molecule has 94 valence electrons. The Morgan fingerprint density at radius 1 is 1.44 bits per heavy atom. The largest absolute Gasteiger partial charge is 0.370 e. The number of aliphatic imine (C=N–C) groups is 1. The first kappa shape index (κ1) is 13.3. The monoisotopic (exact) mass is 247 g/mol. The minimum absolute atomic E-state index is 0.152. The molecule has 0 aromatic carbocycles. The molecule has 1 saturated heterocycles. The van der Waals surface area contributed by atoms with Gasteiger partial charge in [-0.1, -0.05) is 13.8 Å². The van der Waals surface area contributed by atoms with Crippen molar-refractivity contribution in [3.8, 4) is 0 Å². The topological polar surface area (TPSA) is 84.5 Å². The van der Waals surface area contributed by atoms with E-state index in [9.17, 15) is 8.42 Å². The van der Waals surface area contributed by atoms with Gasteiger partial charge in [-0.2, -0.15) is 0 Å². The van der Waals surface area contributed by atoms with E-state index in [-0.39, 0.29) is 17.5 Å². The summed E-state index contributed by atoms with van der Waals surface area (Å²) in [5.41, 5.74) is 5.71. The van der Waals surface area contributed by atoms with Gasteiger partial charge >= 0.3 is 0 Å². The van der Waals surface area contributed by atoms with Gasteiger partial charge in [0.05, 0.1) is 11.5 Å². The van der Waals surface area contributed by atoms with Crippen molar-refractivity contribution < 1.29 is 8.42 Å². The molecule has 0 spiro atoms. The number of rotatable bonds is 3. The molecule has 0 aromatic heterocycles. The lowest BCUT2D eigenvalue weighted by Crippen LogP contribution is -2.44. The standard InChI is InChI=1S/C10H21N3O2S/c1-8(2)7-12-10(11)13-9-3-5-16(14,15)6-4-9/h8-9H,3-7H2,1-2H3,(H3,11,12,13). The van der Waals surface area contributed by atoms with Gasteiger partial charge in [0.2, 0.25) is 0 Å². The lowest BCUT2D eigenvalue weighted by molar-refractivity contribution is 0.518. The van der Waals surface area contributed by atoms with Crippen molar-refractivity contribution in [2.24, 2.45) is 16.6 Å². The van der Waals surface area contributed by atoms with Crippen LogP contribution in [0.15, 0.2) is 4.99 Å². The van der Waals surface area contributed by atoms with E-state index in [4.69, 9.17) is 5.73 Å². The number of nitrogens with zero attached hydrogens (tertiary/aromatic N) is 1. The molecule has 0 aromatic rings. The Bertz CT molecular complexity index is 335. The highest BCUT2D eigenvalue weighted by Gasteiger charge is 2.23. The van der Waals surface area contributed by atoms with Gasteiger partial charge in [0.15, 0.2) is 5.96 Å². The lowest BCUT2D eigenvalue weighted by atomic mass is 10.2. The van der Waals surface area contributed by atoms with Crippen LogP contribution in [0.1, 0.15) is 26.7 Å². The minimum Gasteiger partial charge on any atom is -0.370 e. The second kappa shape index (κ2) is 5.52.